The van der Waals surface area contributed by atoms with Crippen molar-refractivity contribution in [2.45, 2.75) is 12.5 Å². The van der Waals surface area contributed by atoms with Crippen LogP contribution in [0.3, 0.4) is 0 Å². The molecular formula is C10H12FN3O2. The van der Waals surface area contributed by atoms with Crippen LogP contribution in [0.2, 0.25) is 0 Å². The Labute approximate surface area is 92.1 Å². The first-order chi connectivity index (χ1) is 7.74. The maximum absolute atomic E-state index is 12.5. The molecule has 0 amide bonds. The topological polar surface area (TPSA) is 69.7 Å². The fourth-order valence-corrected chi connectivity index (χ4v) is 1.33. The normalized spacial score (nSPS) is 19.1. The highest BCUT2D eigenvalue weighted by atomic mass is 19.1. The van der Waals surface area contributed by atoms with Crippen LogP contribution in [-0.2, 0) is 4.74 Å². The number of pyridine rings is 1. The zero-order chi connectivity index (χ0) is 11.4. The van der Waals surface area contributed by atoms with Crippen LogP contribution in [0.5, 0.6) is 5.88 Å². The molecule has 86 valence electrons. The van der Waals surface area contributed by atoms with E-state index < -0.39 is 0 Å². The third-order valence-corrected chi connectivity index (χ3v) is 2.13. The van der Waals surface area contributed by atoms with Gasteiger partial charge in [-0.25, -0.2) is 14.4 Å². The first kappa shape index (κ1) is 10.7. The molecule has 0 saturated heterocycles. The van der Waals surface area contributed by atoms with Gasteiger partial charge in [-0.2, -0.15) is 0 Å². The standard InChI is InChI=1S/C10H12FN3O2/c11-7-1-2-9(13-5-7)15-4-3-8-6-16-10(12)14-8/h1-2,5,8H,3-4,6H2,(H2,12,14). The van der Waals surface area contributed by atoms with Gasteiger partial charge in [0.05, 0.1) is 18.8 Å². The zero-order valence-electron chi connectivity index (χ0n) is 8.60. The Morgan fingerprint density at radius 2 is 2.44 bits per heavy atom. The second-order valence-electron chi connectivity index (χ2n) is 3.38. The minimum atomic E-state index is -0.381. The first-order valence-electron chi connectivity index (χ1n) is 4.94. The van der Waals surface area contributed by atoms with Gasteiger partial charge in [0.1, 0.15) is 12.4 Å². The molecule has 1 aromatic rings. The predicted octanol–water partition coefficient (Wildman–Crippen LogP) is 0.703. The molecule has 1 atom stereocenters. The number of nitrogens with zero attached hydrogens (tertiary/aromatic N) is 2. The Hall–Kier alpha value is -1.85. The lowest BCUT2D eigenvalue weighted by molar-refractivity contribution is 0.258. The van der Waals surface area contributed by atoms with Crippen LogP contribution in [0.1, 0.15) is 6.42 Å². The predicted molar refractivity (Wildman–Crippen MR) is 55.7 cm³/mol. The fraction of sp³-hybridized carbons (Fsp3) is 0.400. The molecule has 1 aliphatic rings. The molecule has 0 saturated carbocycles. The Kier molecular flexibility index (Phi) is 3.19. The number of aliphatic imine (C=N–C) groups is 1. The zero-order valence-corrected chi connectivity index (χ0v) is 8.60. The number of rotatable bonds is 4. The van der Waals surface area contributed by atoms with Crippen LogP contribution in [0.15, 0.2) is 23.3 Å². The lowest BCUT2D eigenvalue weighted by Crippen LogP contribution is -2.12. The van der Waals surface area contributed by atoms with Crippen molar-refractivity contribution >= 4 is 6.02 Å². The van der Waals surface area contributed by atoms with Crippen molar-refractivity contribution in [2.75, 3.05) is 13.2 Å². The summed E-state index contributed by atoms with van der Waals surface area (Å²) in [5.41, 5.74) is 5.36. The van der Waals surface area contributed by atoms with Crippen LogP contribution in [0.4, 0.5) is 4.39 Å². The Bertz CT molecular complexity index is 380. The summed E-state index contributed by atoms with van der Waals surface area (Å²) in [5, 5.41) is 0. The molecule has 0 spiro atoms. The molecule has 1 aromatic heterocycles. The highest BCUT2D eigenvalue weighted by Gasteiger charge is 2.16. The summed E-state index contributed by atoms with van der Waals surface area (Å²) in [6.07, 6.45) is 1.81. The molecule has 1 aliphatic heterocycles. The van der Waals surface area contributed by atoms with E-state index in [-0.39, 0.29) is 17.9 Å². The van der Waals surface area contributed by atoms with Crippen LogP contribution < -0.4 is 10.5 Å². The molecule has 1 unspecified atom stereocenters. The maximum atomic E-state index is 12.5. The Balaban J connectivity index is 1.74. The van der Waals surface area contributed by atoms with Gasteiger partial charge in [0.25, 0.3) is 6.02 Å². The van der Waals surface area contributed by atoms with Crippen molar-refractivity contribution in [2.24, 2.45) is 10.7 Å². The molecule has 16 heavy (non-hydrogen) atoms. The average molecular weight is 225 g/mol. The molecule has 0 bridgehead atoms. The van der Waals surface area contributed by atoms with Crippen molar-refractivity contribution in [3.63, 3.8) is 0 Å². The summed E-state index contributed by atoms with van der Waals surface area (Å²) in [4.78, 5) is 7.81. The van der Waals surface area contributed by atoms with Crippen LogP contribution in [0, 0.1) is 5.82 Å². The van der Waals surface area contributed by atoms with Crippen LogP contribution >= 0.6 is 0 Å². The highest BCUT2D eigenvalue weighted by molar-refractivity contribution is 5.72. The molecule has 2 rings (SSSR count). The van der Waals surface area contributed by atoms with E-state index in [4.69, 9.17) is 15.2 Å². The molecule has 0 fully saturated rings. The van der Waals surface area contributed by atoms with Crippen LogP contribution in [-0.4, -0.2) is 30.3 Å². The lowest BCUT2D eigenvalue weighted by atomic mass is 10.2. The molecule has 0 aromatic carbocycles. The van der Waals surface area contributed by atoms with E-state index in [9.17, 15) is 4.39 Å². The highest BCUT2D eigenvalue weighted by Crippen LogP contribution is 2.10. The number of ether oxygens (including phenoxy) is 2. The van der Waals surface area contributed by atoms with E-state index in [2.05, 4.69) is 9.98 Å². The molecule has 6 heteroatoms. The molecule has 0 radical (unpaired) electrons. The minimum absolute atomic E-state index is 0.0421. The third kappa shape index (κ3) is 2.82. The Morgan fingerprint density at radius 3 is 3.06 bits per heavy atom. The van der Waals surface area contributed by atoms with Gasteiger partial charge in [-0.1, -0.05) is 0 Å². The van der Waals surface area contributed by atoms with Gasteiger partial charge in [0.15, 0.2) is 0 Å². The van der Waals surface area contributed by atoms with Crippen molar-refractivity contribution in [1.82, 2.24) is 4.98 Å². The minimum Gasteiger partial charge on any atom is -0.478 e. The van der Waals surface area contributed by atoms with E-state index in [0.29, 0.717) is 25.5 Å². The summed E-state index contributed by atoms with van der Waals surface area (Å²) < 4.78 is 22.8. The second-order valence-corrected chi connectivity index (χ2v) is 3.38. The van der Waals surface area contributed by atoms with Crippen molar-refractivity contribution < 1.29 is 13.9 Å². The number of amidine groups is 1. The smallest absolute Gasteiger partial charge is 0.282 e. The first-order valence-corrected chi connectivity index (χ1v) is 4.94. The Morgan fingerprint density at radius 1 is 1.56 bits per heavy atom. The number of nitrogens with two attached hydrogens (primary N) is 1. The largest absolute Gasteiger partial charge is 0.478 e. The molecule has 5 nitrogen and oxygen atoms in total. The fourth-order valence-electron chi connectivity index (χ4n) is 1.33. The van der Waals surface area contributed by atoms with E-state index >= 15 is 0 Å². The number of hydrogen-bond donors (Lipinski definition) is 1. The summed E-state index contributed by atoms with van der Waals surface area (Å²) in [6, 6.07) is 3.06. The number of hydrogen-bond acceptors (Lipinski definition) is 5. The van der Waals surface area contributed by atoms with E-state index in [1.54, 1.807) is 0 Å². The van der Waals surface area contributed by atoms with Gasteiger partial charge in [0.2, 0.25) is 5.88 Å². The van der Waals surface area contributed by atoms with Crippen LogP contribution in [0.25, 0.3) is 0 Å². The average Bonchev–Trinajstić information content (AvgIpc) is 2.67. The van der Waals surface area contributed by atoms with E-state index in [1.165, 1.54) is 12.1 Å². The summed E-state index contributed by atoms with van der Waals surface area (Å²) >= 11 is 0. The van der Waals surface area contributed by atoms with Gasteiger partial charge in [-0.3, -0.25) is 0 Å². The summed E-state index contributed by atoms with van der Waals surface area (Å²) in [7, 11) is 0. The molecular weight excluding hydrogens is 213 g/mol. The van der Waals surface area contributed by atoms with Gasteiger partial charge in [0, 0.05) is 12.5 Å². The van der Waals surface area contributed by atoms with Crippen molar-refractivity contribution in [3.8, 4) is 5.88 Å². The van der Waals surface area contributed by atoms with Gasteiger partial charge >= 0.3 is 0 Å². The van der Waals surface area contributed by atoms with Gasteiger partial charge in [-0.15, -0.1) is 0 Å². The number of halogens is 1. The summed E-state index contributed by atoms with van der Waals surface area (Å²) in [6.45, 7) is 0.940. The monoisotopic (exact) mass is 225 g/mol. The van der Waals surface area contributed by atoms with Crippen molar-refractivity contribution in [1.29, 1.82) is 0 Å². The summed E-state index contributed by atoms with van der Waals surface area (Å²) in [5.74, 6) is 0.0196. The lowest BCUT2D eigenvalue weighted by Gasteiger charge is -2.06. The quantitative estimate of drug-likeness (QED) is 0.819. The van der Waals surface area contributed by atoms with Gasteiger partial charge in [-0.05, 0) is 6.07 Å². The second kappa shape index (κ2) is 4.78. The third-order valence-electron chi connectivity index (χ3n) is 2.13. The maximum Gasteiger partial charge on any atom is 0.282 e. The van der Waals surface area contributed by atoms with Gasteiger partial charge < -0.3 is 15.2 Å². The molecule has 2 N–H and O–H groups in total. The SMILES string of the molecule is NC1=NC(CCOc2ccc(F)cn2)CO1. The van der Waals surface area contributed by atoms with E-state index in [1.807, 2.05) is 0 Å². The van der Waals surface area contributed by atoms with E-state index in [0.717, 1.165) is 6.20 Å². The number of aromatic nitrogens is 1. The molecule has 0 aliphatic carbocycles. The van der Waals surface area contributed by atoms with Crippen molar-refractivity contribution in [3.05, 3.63) is 24.1 Å². The molecule has 2 heterocycles.